The predicted octanol–water partition coefficient (Wildman–Crippen LogP) is -0.378. The topological polar surface area (TPSA) is 365 Å². The van der Waals surface area contributed by atoms with Gasteiger partial charge < -0.3 is 57.2 Å². The molecule has 4 rings (SSSR count). The molecule has 1 aliphatic carbocycles. The third-order valence-corrected chi connectivity index (χ3v) is 13.1. The van der Waals surface area contributed by atoms with Crippen LogP contribution in [-0.4, -0.2) is 220 Å². The van der Waals surface area contributed by atoms with Crippen molar-refractivity contribution in [2.75, 3.05) is 91.6 Å². The molecule has 74 heavy (non-hydrogen) atoms. The Hall–Kier alpha value is -6.96. The van der Waals surface area contributed by atoms with Crippen LogP contribution >= 0.6 is 0 Å². The Morgan fingerprint density at radius 3 is 1.53 bits per heavy atom. The van der Waals surface area contributed by atoms with Crippen LogP contribution in [0.1, 0.15) is 63.4 Å². The summed E-state index contributed by atoms with van der Waals surface area (Å²) in [5.41, 5.74) is 0.803. The van der Waals surface area contributed by atoms with Crippen LogP contribution in [0.2, 0.25) is 0 Å². The fourth-order valence-electron chi connectivity index (χ4n) is 8.98. The highest BCUT2D eigenvalue weighted by atomic mass is 16.4. The van der Waals surface area contributed by atoms with E-state index in [9.17, 15) is 73.5 Å². The van der Waals surface area contributed by atoms with Gasteiger partial charge in [-0.3, -0.25) is 53.2 Å². The smallest absolute Gasteiger partial charge is 0.326 e. The van der Waals surface area contributed by atoms with Crippen LogP contribution in [0.5, 0.6) is 0 Å². The number of aliphatic carboxylic acids is 6. The average Bonchev–Trinajstić information content (AvgIpc) is 3.34. The maximum absolute atomic E-state index is 13.8. The van der Waals surface area contributed by atoms with Crippen molar-refractivity contribution in [2.45, 2.75) is 82.3 Å². The predicted molar refractivity (Wildman–Crippen MR) is 265 cm³/mol. The number of nitrogens with one attached hydrogen (secondary N) is 5. The number of hydrogen-bond acceptors (Lipinski definition) is 14. The summed E-state index contributed by atoms with van der Waals surface area (Å²) in [5, 5.41) is 71.4. The summed E-state index contributed by atoms with van der Waals surface area (Å²) in [6.07, 6.45) is 1.91. The lowest BCUT2D eigenvalue weighted by atomic mass is 9.81. The van der Waals surface area contributed by atoms with Crippen molar-refractivity contribution < 1.29 is 78.6 Å². The highest BCUT2D eigenvalue weighted by Gasteiger charge is 2.31. The Morgan fingerprint density at radius 1 is 0.527 bits per heavy atom. The zero-order valence-corrected chi connectivity index (χ0v) is 41.5. The minimum absolute atomic E-state index is 0.0283. The molecule has 2 fully saturated rings. The van der Waals surface area contributed by atoms with Gasteiger partial charge in [0.15, 0.2) is 0 Å². The molecular weight excluding hydrogens is 971 g/mol. The highest BCUT2D eigenvalue weighted by Crippen LogP contribution is 2.29. The Morgan fingerprint density at radius 2 is 1.03 bits per heavy atom. The second-order valence-corrected chi connectivity index (χ2v) is 18.9. The molecule has 2 aromatic carbocycles. The first-order chi connectivity index (χ1) is 35.2. The zero-order valence-electron chi connectivity index (χ0n) is 41.5. The molecule has 1 aliphatic heterocycles. The molecule has 25 heteroatoms. The fourth-order valence-corrected chi connectivity index (χ4v) is 8.98. The standard InChI is InChI=1S/C49H71N9O16/c59-40(28-55-17-19-56(29-42(62)63)21-23-58(31-44(66)67)24-22-57(20-18-55)30-43(64)65)51-27-32-8-12-35(13-9-32)45(68)52-39(26-33-10-11-34-5-1-2-6-36(34)25-33)46(69)50-16-4-3-7-37(47(70)71)53-49(74)54-38(48(72)73)14-15-41(60)61/h1-2,5-6,10-11,25,32,35,37-39H,3-4,7-9,12-24,26-31H2,(H,50,69)(H,51,59)(H,52,68)(H,60,61)(H,62,63)(H,64,65)(H,66,67)(H,70,71)(H,72,73)(H2,53,54,74)/t32-,35-,37?,38-,39-/m0/s1. The summed E-state index contributed by atoms with van der Waals surface area (Å²) in [5.74, 6) is -8.66. The Bertz CT molecular complexity index is 2230. The van der Waals surface area contributed by atoms with Crippen molar-refractivity contribution in [1.29, 1.82) is 0 Å². The molecule has 2 aromatic rings. The van der Waals surface area contributed by atoms with Gasteiger partial charge in [-0.05, 0) is 73.6 Å². The van der Waals surface area contributed by atoms with Gasteiger partial charge >= 0.3 is 41.8 Å². The lowest BCUT2D eigenvalue weighted by molar-refractivity contribution is -0.141. The van der Waals surface area contributed by atoms with Crippen LogP contribution in [0, 0.1) is 11.8 Å². The Labute approximate surface area is 428 Å². The molecule has 0 aromatic heterocycles. The van der Waals surface area contributed by atoms with Crippen molar-refractivity contribution >= 4 is 70.3 Å². The second-order valence-electron chi connectivity index (χ2n) is 18.9. The molecule has 0 bridgehead atoms. The van der Waals surface area contributed by atoms with Crippen molar-refractivity contribution in [3.63, 3.8) is 0 Å². The summed E-state index contributed by atoms with van der Waals surface area (Å²) >= 11 is 0. The number of nitrogens with zero attached hydrogens (tertiary/aromatic N) is 4. The molecule has 3 atom stereocenters. The molecule has 1 saturated carbocycles. The first-order valence-corrected chi connectivity index (χ1v) is 24.9. The van der Waals surface area contributed by atoms with E-state index in [2.05, 4.69) is 26.6 Å². The van der Waals surface area contributed by atoms with E-state index >= 15 is 0 Å². The summed E-state index contributed by atoms with van der Waals surface area (Å²) < 4.78 is 0. The lowest BCUT2D eigenvalue weighted by Gasteiger charge is -2.33. The van der Waals surface area contributed by atoms with Crippen LogP contribution in [0.15, 0.2) is 42.5 Å². The Balaban J connectivity index is 1.30. The Kier molecular flexibility index (Phi) is 24.9. The summed E-state index contributed by atoms with van der Waals surface area (Å²) in [7, 11) is 0. The molecular formula is C49H71N9O16. The van der Waals surface area contributed by atoms with Crippen LogP contribution in [0.3, 0.4) is 0 Å². The highest BCUT2D eigenvalue weighted by molar-refractivity contribution is 5.90. The molecule has 5 amide bonds. The normalized spacial score (nSPS) is 18.8. The van der Waals surface area contributed by atoms with Gasteiger partial charge in [0.2, 0.25) is 17.7 Å². The van der Waals surface area contributed by atoms with Gasteiger partial charge in [0.1, 0.15) is 18.1 Å². The largest absolute Gasteiger partial charge is 0.481 e. The van der Waals surface area contributed by atoms with Crippen LogP contribution in [-0.2, 0) is 49.6 Å². The zero-order chi connectivity index (χ0) is 54.2. The molecule has 2 aliphatic rings. The quantitative estimate of drug-likeness (QED) is 0.0508. The molecule has 11 N–H and O–H groups in total. The summed E-state index contributed by atoms with van der Waals surface area (Å²) in [6, 6.07) is 8.44. The number of carbonyl (C=O) groups excluding carboxylic acids is 4. The molecule has 408 valence electrons. The van der Waals surface area contributed by atoms with Crippen LogP contribution in [0.25, 0.3) is 10.8 Å². The number of urea groups is 1. The van der Waals surface area contributed by atoms with Crippen LogP contribution in [0.4, 0.5) is 4.79 Å². The molecule has 1 saturated heterocycles. The first kappa shape index (κ1) is 59.6. The number of amides is 5. The van der Waals surface area contributed by atoms with E-state index in [1.54, 1.807) is 14.7 Å². The van der Waals surface area contributed by atoms with E-state index in [0.29, 0.717) is 45.3 Å². The number of carboxylic acid groups (broad SMARTS) is 6. The second kappa shape index (κ2) is 30.9. The molecule has 1 heterocycles. The van der Waals surface area contributed by atoms with E-state index in [1.165, 1.54) is 0 Å². The van der Waals surface area contributed by atoms with Gasteiger partial charge in [0, 0.05) is 84.2 Å². The van der Waals surface area contributed by atoms with E-state index in [1.807, 2.05) is 47.4 Å². The maximum Gasteiger partial charge on any atom is 0.326 e. The van der Waals surface area contributed by atoms with Crippen molar-refractivity contribution in [3.8, 4) is 0 Å². The van der Waals surface area contributed by atoms with Gasteiger partial charge in [0.05, 0.1) is 26.2 Å². The number of hydrogen-bond donors (Lipinski definition) is 11. The van der Waals surface area contributed by atoms with Gasteiger partial charge in [-0.15, -0.1) is 0 Å². The van der Waals surface area contributed by atoms with E-state index in [0.717, 1.165) is 16.3 Å². The molecule has 0 radical (unpaired) electrons. The number of carbonyl (C=O) groups is 10. The van der Waals surface area contributed by atoms with E-state index in [-0.39, 0.29) is 115 Å². The number of benzene rings is 2. The third kappa shape index (κ3) is 22.4. The van der Waals surface area contributed by atoms with Gasteiger partial charge in [-0.1, -0.05) is 42.5 Å². The summed E-state index contributed by atoms with van der Waals surface area (Å²) in [6.45, 7) is 1.73. The number of rotatable bonds is 27. The maximum atomic E-state index is 13.8. The molecule has 1 unspecified atom stereocenters. The van der Waals surface area contributed by atoms with Gasteiger partial charge in [0.25, 0.3) is 0 Å². The monoisotopic (exact) mass is 1040 g/mol. The van der Waals surface area contributed by atoms with Crippen molar-refractivity contribution in [3.05, 3.63) is 48.0 Å². The SMILES string of the molecule is O=C(O)CC[C@H](NC(=O)NC(CCCCNC(=O)[C@H](Cc1ccc2ccccc2c1)NC(=O)[C@H]1CC[C@H](CNC(=O)CN2CCN(CC(=O)O)CCN(CC(=O)O)CCN(CC(=O)O)CC2)CC1)C(=O)O)C(=O)O. The minimum atomic E-state index is -1.55. The molecule has 25 nitrogen and oxygen atoms in total. The third-order valence-electron chi connectivity index (χ3n) is 13.1. The summed E-state index contributed by atoms with van der Waals surface area (Å²) in [4.78, 5) is 129. The van der Waals surface area contributed by atoms with E-state index < -0.39 is 84.6 Å². The van der Waals surface area contributed by atoms with Gasteiger partial charge in [-0.2, -0.15) is 0 Å². The number of carboxylic acids is 6. The van der Waals surface area contributed by atoms with Crippen molar-refractivity contribution in [1.82, 2.24) is 46.2 Å². The average molecular weight is 1040 g/mol. The molecule has 0 spiro atoms. The van der Waals surface area contributed by atoms with E-state index in [4.69, 9.17) is 5.11 Å². The van der Waals surface area contributed by atoms with Crippen LogP contribution < -0.4 is 26.6 Å². The number of unbranched alkanes of at least 4 members (excludes halogenated alkanes) is 1. The lowest BCUT2D eigenvalue weighted by Crippen LogP contribution is -2.51. The van der Waals surface area contributed by atoms with Crippen molar-refractivity contribution in [2.24, 2.45) is 11.8 Å². The number of fused-ring (bicyclic) bond motifs is 1. The first-order valence-electron chi connectivity index (χ1n) is 24.9. The van der Waals surface area contributed by atoms with Gasteiger partial charge in [-0.25, -0.2) is 14.4 Å². The fraction of sp³-hybridized carbons (Fsp3) is 0.592. The minimum Gasteiger partial charge on any atom is -0.481 e.